The molecule has 11 heteroatoms. The van der Waals surface area contributed by atoms with Crippen LogP contribution in [0.2, 0.25) is 5.02 Å². The summed E-state index contributed by atoms with van der Waals surface area (Å²) < 4.78 is 14.5. The Morgan fingerprint density at radius 3 is 2.43 bits per heavy atom. The van der Waals surface area contributed by atoms with Crippen molar-refractivity contribution in [2.45, 2.75) is 91.4 Å². The van der Waals surface area contributed by atoms with Crippen molar-refractivity contribution < 1.29 is 14.0 Å². The van der Waals surface area contributed by atoms with Crippen LogP contribution < -0.4 is 5.32 Å². The molecule has 9 nitrogen and oxygen atoms in total. The predicted molar refractivity (Wildman–Crippen MR) is 168 cm³/mol. The SMILES string of the molecule is CC(C)CC[C@H](c1ccc(C(=O)NCc2nn[nH]n2)cc1)N1C(=O)C(c2cc(F)cc(Cl)c2)=NC12CCC(C(C)(C)C)CC2. The molecule has 1 spiro atoms. The molecule has 1 aliphatic carbocycles. The number of rotatable bonds is 9. The first kappa shape index (κ1) is 31.8. The molecular weight excluding hydrogens is 581 g/mol. The molecular formula is C33H41ClFN7O2. The van der Waals surface area contributed by atoms with Gasteiger partial charge in [0.05, 0.1) is 12.6 Å². The Balaban J connectivity index is 1.49. The van der Waals surface area contributed by atoms with Gasteiger partial charge in [0.1, 0.15) is 17.2 Å². The zero-order chi connectivity index (χ0) is 31.6. The average Bonchev–Trinajstić information content (AvgIpc) is 3.58. The first-order chi connectivity index (χ1) is 20.9. The van der Waals surface area contributed by atoms with E-state index in [-0.39, 0.29) is 40.6 Å². The van der Waals surface area contributed by atoms with E-state index < -0.39 is 11.5 Å². The number of carbonyl (C=O) groups excluding carboxylic acids is 2. The van der Waals surface area contributed by atoms with E-state index in [0.717, 1.165) is 44.1 Å². The second-order valence-corrected chi connectivity index (χ2v) is 14.0. The van der Waals surface area contributed by atoms with Crippen LogP contribution in [0.5, 0.6) is 0 Å². The first-order valence-electron chi connectivity index (χ1n) is 15.4. The van der Waals surface area contributed by atoms with E-state index in [1.807, 2.05) is 17.0 Å². The van der Waals surface area contributed by atoms with E-state index >= 15 is 0 Å². The van der Waals surface area contributed by atoms with Crippen molar-refractivity contribution >= 4 is 29.1 Å². The maximum atomic E-state index is 14.5. The summed E-state index contributed by atoms with van der Waals surface area (Å²) in [5.74, 6) is 0.335. The molecule has 1 atom stereocenters. The molecule has 1 saturated carbocycles. The lowest BCUT2D eigenvalue weighted by Crippen LogP contribution is -2.51. The van der Waals surface area contributed by atoms with Crippen LogP contribution in [-0.4, -0.2) is 48.7 Å². The minimum absolute atomic E-state index is 0.148. The van der Waals surface area contributed by atoms with Crippen LogP contribution in [0.1, 0.15) is 106 Å². The summed E-state index contributed by atoms with van der Waals surface area (Å²) in [6.07, 6.45) is 4.94. The Morgan fingerprint density at radius 1 is 1.14 bits per heavy atom. The lowest BCUT2D eigenvalue weighted by Gasteiger charge is -2.47. The molecule has 1 aliphatic heterocycles. The number of hydrogen-bond donors (Lipinski definition) is 2. The van der Waals surface area contributed by atoms with Crippen molar-refractivity contribution in [3.8, 4) is 0 Å². The molecule has 2 N–H and O–H groups in total. The average molecular weight is 622 g/mol. The fourth-order valence-corrected chi connectivity index (χ4v) is 6.76. The fourth-order valence-electron chi connectivity index (χ4n) is 6.53. The molecule has 0 bridgehead atoms. The predicted octanol–water partition coefficient (Wildman–Crippen LogP) is 6.66. The smallest absolute Gasteiger partial charge is 0.275 e. The Kier molecular flexibility index (Phi) is 9.20. The maximum absolute atomic E-state index is 14.5. The van der Waals surface area contributed by atoms with Crippen LogP contribution in [0.15, 0.2) is 47.5 Å². The first-order valence-corrected chi connectivity index (χ1v) is 15.7. The van der Waals surface area contributed by atoms with E-state index in [0.29, 0.717) is 28.8 Å². The molecule has 0 unspecified atom stereocenters. The molecule has 1 fully saturated rings. The molecule has 0 radical (unpaired) electrons. The minimum Gasteiger partial charge on any atom is -0.345 e. The fraction of sp³-hybridized carbons (Fsp3) is 0.515. The zero-order valence-electron chi connectivity index (χ0n) is 26.0. The monoisotopic (exact) mass is 621 g/mol. The van der Waals surface area contributed by atoms with Gasteiger partial charge in [0, 0.05) is 16.1 Å². The van der Waals surface area contributed by atoms with Crippen LogP contribution in [0.4, 0.5) is 4.39 Å². The molecule has 2 aromatic carbocycles. The Hall–Kier alpha value is -3.66. The second-order valence-electron chi connectivity index (χ2n) is 13.5. The number of hydrogen-bond acceptors (Lipinski definition) is 6. The van der Waals surface area contributed by atoms with Gasteiger partial charge in [-0.3, -0.25) is 14.6 Å². The summed E-state index contributed by atoms with van der Waals surface area (Å²) in [4.78, 5) is 34.4. The van der Waals surface area contributed by atoms with E-state index in [9.17, 15) is 14.0 Å². The Morgan fingerprint density at radius 2 is 1.84 bits per heavy atom. The summed E-state index contributed by atoms with van der Waals surface area (Å²) in [6.45, 7) is 11.3. The molecule has 1 aromatic heterocycles. The second kappa shape index (κ2) is 12.8. The van der Waals surface area contributed by atoms with Crippen LogP contribution in [0, 0.1) is 23.1 Å². The molecule has 5 rings (SSSR count). The summed E-state index contributed by atoms with van der Waals surface area (Å²) in [6, 6.07) is 11.3. The van der Waals surface area contributed by atoms with Gasteiger partial charge in [-0.25, -0.2) is 4.39 Å². The maximum Gasteiger partial charge on any atom is 0.275 e. The zero-order valence-corrected chi connectivity index (χ0v) is 26.8. The quantitative estimate of drug-likeness (QED) is 0.277. The lowest BCUT2D eigenvalue weighted by molar-refractivity contribution is -0.133. The van der Waals surface area contributed by atoms with Crippen LogP contribution in [0.25, 0.3) is 0 Å². The van der Waals surface area contributed by atoms with Gasteiger partial charge in [-0.1, -0.05) is 63.6 Å². The number of H-pyrrole nitrogens is 1. The van der Waals surface area contributed by atoms with Crippen LogP contribution in [-0.2, 0) is 11.3 Å². The number of nitrogens with zero attached hydrogens (tertiary/aromatic N) is 5. The topological polar surface area (TPSA) is 116 Å². The number of amides is 2. The number of halogens is 2. The summed E-state index contributed by atoms with van der Waals surface area (Å²) >= 11 is 6.23. The molecule has 2 aliphatic rings. The number of tetrazole rings is 1. The number of aliphatic imine (C=N–C) groups is 1. The van der Waals surface area contributed by atoms with E-state index in [4.69, 9.17) is 16.6 Å². The minimum atomic E-state index is -0.741. The summed E-state index contributed by atoms with van der Waals surface area (Å²) in [5, 5.41) is 16.6. The van der Waals surface area contributed by atoms with Gasteiger partial charge in [0.25, 0.3) is 11.8 Å². The van der Waals surface area contributed by atoms with Gasteiger partial charge in [0.2, 0.25) is 0 Å². The third-order valence-electron chi connectivity index (χ3n) is 9.02. The van der Waals surface area contributed by atoms with Crippen molar-refractivity contribution in [3.63, 3.8) is 0 Å². The van der Waals surface area contributed by atoms with Gasteiger partial charge < -0.3 is 10.2 Å². The number of aromatic amines is 1. The highest BCUT2D eigenvalue weighted by Crippen LogP contribution is 2.50. The van der Waals surface area contributed by atoms with Gasteiger partial charge >= 0.3 is 0 Å². The standard InChI is InChI=1S/C33H41ClFN7O2/c1-20(2)6-11-27(21-7-9-22(10-8-21)30(43)36-19-28-38-40-41-39-28)42-31(44)29(23-16-25(34)18-26(35)17-23)37-33(42)14-12-24(13-15-33)32(3,4)5/h7-10,16-18,20,24,27H,6,11-15,19H2,1-5H3,(H,36,43)(H,38,39,40,41)/t24?,27-,33?/m1/s1. The van der Waals surface area contributed by atoms with Crippen LogP contribution >= 0.6 is 11.6 Å². The number of carbonyl (C=O) groups is 2. The third kappa shape index (κ3) is 6.85. The summed E-state index contributed by atoms with van der Waals surface area (Å²) in [7, 11) is 0. The van der Waals surface area contributed by atoms with Gasteiger partial charge in [-0.05, 0) is 91.7 Å². The molecule has 3 aromatic rings. The van der Waals surface area contributed by atoms with Crippen molar-refractivity contribution in [2.75, 3.05) is 0 Å². The number of nitrogens with one attached hydrogen (secondary N) is 2. The molecule has 44 heavy (non-hydrogen) atoms. The van der Waals surface area contributed by atoms with Crippen molar-refractivity contribution in [2.24, 2.45) is 22.2 Å². The summed E-state index contributed by atoms with van der Waals surface area (Å²) in [5.41, 5.74) is 1.48. The van der Waals surface area contributed by atoms with Gasteiger partial charge in [-0.2, -0.15) is 5.21 Å². The highest BCUT2D eigenvalue weighted by Gasteiger charge is 2.52. The normalized spacial score (nSPS) is 21.2. The number of benzene rings is 2. The molecule has 0 saturated heterocycles. The lowest BCUT2D eigenvalue weighted by atomic mass is 9.69. The van der Waals surface area contributed by atoms with E-state index in [1.54, 1.807) is 18.2 Å². The largest absolute Gasteiger partial charge is 0.345 e. The highest BCUT2D eigenvalue weighted by molar-refractivity contribution is 6.47. The Bertz CT molecular complexity index is 1490. The molecule has 2 heterocycles. The molecule has 234 valence electrons. The van der Waals surface area contributed by atoms with Crippen molar-refractivity contribution in [1.82, 2.24) is 30.8 Å². The third-order valence-corrected chi connectivity index (χ3v) is 9.24. The van der Waals surface area contributed by atoms with Gasteiger partial charge in [0.15, 0.2) is 5.82 Å². The van der Waals surface area contributed by atoms with E-state index in [1.165, 1.54) is 12.1 Å². The highest BCUT2D eigenvalue weighted by atomic mass is 35.5. The van der Waals surface area contributed by atoms with Gasteiger partial charge in [-0.15, -0.1) is 10.2 Å². The number of aromatic nitrogens is 4. The van der Waals surface area contributed by atoms with E-state index in [2.05, 4.69) is 60.6 Å². The van der Waals surface area contributed by atoms with Crippen molar-refractivity contribution in [3.05, 3.63) is 75.8 Å². The van der Waals surface area contributed by atoms with Crippen LogP contribution in [0.3, 0.4) is 0 Å². The van der Waals surface area contributed by atoms with Crippen molar-refractivity contribution in [1.29, 1.82) is 0 Å². The molecule has 2 amide bonds. The Labute approximate surface area is 263 Å².